The molecule has 1 rings (SSSR count). The fraction of sp³-hybridized carbons (Fsp3) is 0.529. The van der Waals surface area contributed by atoms with E-state index in [4.69, 9.17) is 4.74 Å². The Balaban J connectivity index is 3.10. The van der Waals surface area contributed by atoms with E-state index in [0.29, 0.717) is 17.8 Å². The lowest BCUT2D eigenvalue weighted by molar-refractivity contribution is 0.407. The average Bonchev–Trinajstić information content (AvgIpc) is 2.37. The normalized spacial score (nSPS) is 13.7. The third-order valence-electron chi connectivity index (χ3n) is 3.52. The predicted octanol–water partition coefficient (Wildman–Crippen LogP) is 4.58. The molecule has 0 N–H and O–H groups in total. The number of hydrogen-bond donors (Lipinski definition) is 0. The van der Waals surface area contributed by atoms with Crippen LogP contribution in [-0.4, -0.2) is 7.11 Å². The summed E-state index contributed by atoms with van der Waals surface area (Å²) in [5.41, 5.74) is 2.62. The van der Waals surface area contributed by atoms with Crippen molar-refractivity contribution in [1.29, 1.82) is 0 Å². The highest BCUT2D eigenvalue weighted by Crippen LogP contribution is 2.32. The summed E-state index contributed by atoms with van der Waals surface area (Å²) in [4.78, 5) is 0. The van der Waals surface area contributed by atoms with Crippen LogP contribution in [0.2, 0.25) is 0 Å². The molecule has 0 bridgehead atoms. The highest BCUT2D eigenvalue weighted by molar-refractivity contribution is 5.40. The van der Waals surface area contributed by atoms with Crippen molar-refractivity contribution in [3.05, 3.63) is 29.3 Å². The van der Waals surface area contributed by atoms with Gasteiger partial charge >= 0.3 is 0 Å². The van der Waals surface area contributed by atoms with Gasteiger partial charge in [-0.3, -0.25) is 0 Å². The molecule has 0 saturated carbocycles. The Hall–Kier alpha value is -1.42. The van der Waals surface area contributed by atoms with E-state index in [0.717, 1.165) is 5.75 Å². The number of benzene rings is 1. The first-order chi connectivity index (χ1) is 8.51. The average molecular weight is 244 g/mol. The second-order valence-corrected chi connectivity index (χ2v) is 5.13. The first-order valence-corrected chi connectivity index (χ1v) is 6.61. The van der Waals surface area contributed by atoms with Crippen LogP contribution in [0.1, 0.15) is 57.6 Å². The number of methoxy groups -OCH3 is 1. The van der Waals surface area contributed by atoms with Gasteiger partial charge in [-0.1, -0.05) is 45.7 Å². The number of ether oxygens (including phenoxy) is 1. The van der Waals surface area contributed by atoms with Gasteiger partial charge in [-0.05, 0) is 36.0 Å². The number of hydrogen-bond acceptors (Lipinski definition) is 1. The first kappa shape index (κ1) is 14.6. The monoisotopic (exact) mass is 244 g/mol. The summed E-state index contributed by atoms with van der Waals surface area (Å²) in [6.45, 7) is 10.7. The number of rotatable bonds is 4. The molecule has 0 radical (unpaired) electrons. The highest BCUT2D eigenvalue weighted by Gasteiger charge is 2.15. The van der Waals surface area contributed by atoms with E-state index in [1.165, 1.54) is 11.1 Å². The van der Waals surface area contributed by atoms with Crippen LogP contribution in [0.5, 0.6) is 5.75 Å². The quantitative estimate of drug-likeness (QED) is 0.704. The van der Waals surface area contributed by atoms with Crippen molar-refractivity contribution in [1.82, 2.24) is 0 Å². The van der Waals surface area contributed by atoms with Crippen LogP contribution < -0.4 is 4.74 Å². The standard InChI is InChI=1S/C17H24O/c1-7-8-13(4)14(5)15-9-10-17(18-6)16(11-15)12(2)3/h9-14H,1-6H3. The Morgan fingerprint density at radius 2 is 1.78 bits per heavy atom. The SMILES string of the molecule is CC#CC(C)C(C)c1ccc(OC)c(C(C)C)c1. The maximum Gasteiger partial charge on any atom is 0.122 e. The summed E-state index contributed by atoms with van der Waals surface area (Å²) in [5.74, 6) is 8.52. The molecule has 0 spiro atoms. The van der Waals surface area contributed by atoms with Crippen LogP contribution in [0.4, 0.5) is 0 Å². The van der Waals surface area contributed by atoms with Crippen LogP contribution in [0.15, 0.2) is 18.2 Å². The lowest BCUT2D eigenvalue weighted by atomic mass is 9.87. The second kappa shape index (κ2) is 6.50. The van der Waals surface area contributed by atoms with Crippen molar-refractivity contribution in [2.45, 2.75) is 46.5 Å². The molecule has 1 heteroatoms. The zero-order valence-corrected chi connectivity index (χ0v) is 12.4. The smallest absolute Gasteiger partial charge is 0.122 e. The summed E-state index contributed by atoms with van der Waals surface area (Å²) in [7, 11) is 1.73. The Labute approximate surface area is 112 Å². The van der Waals surface area contributed by atoms with Crippen molar-refractivity contribution in [3.63, 3.8) is 0 Å². The highest BCUT2D eigenvalue weighted by atomic mass is 16.5. The molecule has 0 aliphatic heterocycles. The van der Waals surface area contributed by atoms with Crippen molar-refractivity contribution in [2.24, 2.45) is 5.92 Å². The fourth-order valence-corrected chi connectivity index (χ4v) is 2.13. The van der Waals surface area contributed by atoms with Crippen LogP contribution in [-0.2, 0) is 0 Å². The molecule has 2 unspecified atom stereocenters. The lowest BCUT2D eigenvalue weighted by Crippen LogP contribution is -2.05. The predicted molar refractivity (Wildman–Crippen MR) is 78.1 cm³/mol. The van der Waals surface area contributed by atoms with Crippen molar-refractivity contribution in [3.8, 4) is 17.6 Å². The lowest BCUT2D eigenvalue weighted by Gasteiger charge is -2.19. The van der Waals surface area contributed by atoms with E-state index in [9.17, 15) is 0 Å². The van der Waals surface area contributed by atoms with Gasteiger partial charge in [-0.25, -0.2) is 0 Å². The van der Waals surface area contributed by atoms with Gasteiger partial charge < -0.3 is 4.74 Å². The topological polar surface area (TPSA) is 9.23 Å². The van der Waals surface area contributed by atoms with Crippen molar-refractivity contribution >= 4 is 0 Å². The molecule has 0 aliphatic rings. The fourth-order valence-electron chi connectivity index (χ4n) is 2.13. The Kier molecular flexibility index (Phi) is 5.28. The van der Waals surface area contributed by atoms with E-state index in [-0.39, 0.29) is 0 Å². The van der Waals surface area contributed by atoms with Gasteiger partial charge in [0.15, 0.2) is 0 Å². The molecule has 0 saturated heterocycles. The summed E-state index contributed by atoms with van der Waals surface area (Å²) in [6, 6.07) is 6.50. The summed E-state index contributed by atoms with van der Waals surface area (Å²) in [6.07, 6.45) is 0. The van der Waals surface area contributed by atoms with Crippen LogP contribution in [0, 0.1) is 17.8 Å². The summed E-state index contributed by atoms with van der Waals surface area (Å²) >= 11 is 0. The maximum absolute atomic E-state index is 5.42. The molecular formula is C17H24O. The molecule has 0 heterocycles. The maximum atomic E-state index is 5.42. The first-order valence-electron chi connectivity index (χ1n) is 6.61. The van der Waals surface area contributed by atoms with E-state index in [1.54, 1.807) is 7.11 Å². The van der Waals surface area contributed by atoms with Gasteiger partial charge in [0.2, 0.25) is 0 Å². The zero-order valence-electron chi connectivity index (χ0n) is 12.4. The Morgan fingerprint density at radius 3 is 2.28 bits per heavy atom. The molecule has 1 aromatic carbocycles. The minimum atomic E-state index is 0.378. The molecule has 0 aromatic heterocycles. The van der Waals surface area contributed by atoms with Gasteiger partial charge in [0.1, 0.15) is 5.75 Å². The Morgan fingerprint density at radius 1 is 1.11 bits per heavy atom. The van der Waals surface area contributed by atoms with Crippen molar-refractivity contribution in [2.75, 3.05) is 7.11 Å². The van der Waals surface area contributed by atoms with Crippen LogP contribution >= 0.6 is 0 Å². The zero-order chi connectivity index (χ0) is 13.7. The van der Waals surface area contributed by atoms with Gasteiger partial charge in [0, 0.05) is 5.92 Å². The van der Waals surface area contributed by atoms with Gasteiger partial charge in [-0.15, -0.1) is 5.92 Å². The Bertz CT molecular complexity index is 448. The molecule has 0 fully saturated rings. The van der Waals surface area contributed by atoms with E-state index in [1.807, 2.05) is 6.92 Å². The molecule has 1 nitrogen and oxygen atoms in total. The van der Waals surface area contributed by atoms with Gasteiger partial charge in [0.05, 0.1) is 7.11 Å². The molecule has 18 heavy (non-hydrogen) atoms. The largest absolute Gasteiger partial charge is 0.496 e. The third-order valence-corrected chi connectivity index (χ3v) is 3.52. The van der Waals surface area contributed by atoms with Crippen molar-refractivity contribution < 1.29 is 4.74 Å². The molecule has 2 atom stereocenters. The molecule has 98 valence electrons. The minimum Gasteiger partial charge on any atom is -0.496 e. The molecule has 0 aliphatic carbocycles. The molecule has 0 amide bonds. The second-order valence-electron chi connectivity index (χ2n) is 5.13. The van der Waals surface area contributed by atoms with Gasteiger partial charge in [0.25, 0.3) is 0 Å². The molecular weight excluding hydrogens is 220 g/mol. The van der Waals surface area contributed by atoms with Crippen LogP contribution in [0.3, 0.4) is 0 Å². The molecule has 1 aromatic rings. The van der Waals surface area contributed by atoms with E-state index in [2.05, 4.69) is 57.7 Å². The van der Waals surface area contributed by atoms with Crippen LogP contribution in [0.25, 0.3) is 0 Å². The van der Waals surface area contributed by atoms with Gasteiger partial charge in [-0.2, -0.15) is 0 Å². The third kappa shape index (κ3) is 3.29. The minimum absolute atomic E-state index is 0.378. The van der Waals surface area contributed by atoms with E-state index < -0.39 is 0 Å². The summed E-state index contributed by atoms with van der Waals surface area (Å²) in [5, 5.41) is 0. The van der Waals surface area contributed by atoms with E-state index >= 15 is 0 Å². The summed E-state index contributed by atoms with van der Waals surface area (Å²) < 4.78 is 5.42.